The molecule has 8 nitrogen and oxygen atoms in total. The lowest BCUT2D eigenvalue weighted by Gasteiger charge is -2.25. The first kappa shape index (κ1) is 17.3. The second kappa shape index (κ2) is 6.53. The van der Waals surface area contributed by atoms with E-state index in [0.717, 1.165) is 12.8 Å². The molecule has 2 heterocycles. The van der Waals surface area contributed by atoms with E-state index in [4.69, 9.17) is 0 Å². The average Bonchev–Trinajstić information content (AvgIpc) is 3.28. The van der Waals surface area contributed by atoms with Crippen molar-refractivity contribution in [2.75, 3.05) is 7.05 Å². The van der Waals surface area contributed by atoms with E-state index in [1.807, 2.05) is 19.2 Å². The third-order valence-corrected chi connectivity index (χ3v) is 5.34. The number of imidazole rings is 1. The van der Waals surface area contributed by atoms with Gasteiger partial charge < -0.3 is 9.88 Å². The van der Waals surface area contributed by atoms with Crippen LogP contribution in [0.4, 0.5) is 0 Å². The minimum absolute atomic E-state index is 0.0277. The zero-order chi connectivity index (χ0) is 19.1. The zero-order valence-corrected chi connectivity index (χ0v) is 15.3. The SMILES string of the molecule is CN(C(=O)CCc1nc2c([nH]1)c(=O)[nH]c(=O)n2C)C1CCc2ccccc21. The molecule has 1 unspecified atom stereocenters. The summed E-state index contributed by atoms with van der Waals surface area (Å²) in [6, 6.07) is 8.34. The number of amides is 1. The van der Waals surface area contributed by atoms with E-state index in [-0.39, 0.29) is 23.9 Å². The van der Waals surface area contributed by atoms with Crippen LogP contribution in [-0.4, -0.2) is 37.4 Å². The predicted molar refractivity (Wildman–Crippen MR) is 101 cm³/mol. The summed E-state index contributed by atoms with van der Waals surface area (Å²) in [4.78, 5) is 47.5. The molecule has 0 saturated heterocycles. The number of aromatic amines is 2. The summed E-state index contributed by atoms with van der Waals surface area (Å²) in [5, 5.41) is 0. The molecule has 1 aromatic carbocycles. The van der Waals surface area contributed by atoms with Gasteiger partial charge in [0.2, 0.25) is 5.91 Å². The first-order valence-corrected chi connectivity index (χ1v) is 8.97. The summed E-state index contributed by atoms with van der Waals surface area (Å²) < 4.78 is 1.28. The molecular weight excluding hydrogens is 346 g/mol. The van der Waals surface area contributed by atoms with Gasteiger partial charge in [-0.25, -0.2) is 9.78 Å². The van der Waals surface area contributed by atoms with Crippen molar-refractivity contribution < 1.29 is 4.79 Å². The molecule has 1 amide bonds. The van der Waals surface area contributed by atoms with Crippen molar-refractivity contribution in [3.8, 4) is 0 Å². The molecule has 1 atom stereocenters. The van der Waals surface area contributed by atoms with Crippen LogP contribution >= 0.6 is 0 Å². The summed E-state index contributed by atoms with van der Waals surface area (Å²) in [7, 11) is 3.38. The van der Waals surface area contributed by atoms with Crippen LogP contribution in [0.3, 0.4) is 0 Å². The van der Waals surface area contributed by atoms with Crippen molar-refractivity contribution in [2.24, 2.45) is 7.05 Å². The molecular formula is C19H21N5O3. The number of hydrogen-bond acceptors (Lipinski definition) is 4. The smallest absolute Gasteiger partial charge is 0.329 e. The van der Waals surface area contributed by atoms with E-state index in [2.05, 4.69) is 27.1 Å². The summed E-state index contributed by atoms with van der Waals surface area (Å²) in [5.41, 5.74) is 2.05. The molecule has 27 heavy (non-hydrogen) atoms. The number of nitrogens with zero attached hydrogens (tertiary/aromatic N) is 3. The van der Waals surface area contributed by atoms with Gasteiger partial charge in [-0.3, -0.25) is 19.1 Å². The summed E-state index contributed by atoms with van der Waals surface area (Å²) in [6.45, 7) is 0. The van der Waals surface area contributed by atoms with Crippen LogP contribution in [0.15, 0.2) is 33.9 Å². The molecule has 0 saturated carbocycles. The number of nitrogens with one attached hydrogen (secondary N) is 2. The van der Waals surface area contributed by atoms with Gasteiger partial charge in [0, 0.05) is 26.9 Å². The highest BCUT2D eigenvalue weighted by molar-refractivity contribution is 5.77. The summed E-state index contributed by atoms with van der Waals surface area (Å²) in [5.74, 6) is 0.547. The zero-order valence-electron chi connectivity index (χ0n) is 15.3. The molecule has 3 aromatic rings. The fourth-order valence-electron chi connectivity index (χ4n) is 3.78. The third-order valence-electron chi connectivity index (χ3n) is 5.34. The van der Waals surface area contributed by atoms with E-state index in [0.29, 0.717) is 17.9 Å². The molecule has 0 fully saturated rings. The molecule has 8 heteroatoms. The Labute approximate surface area is 154 Å². The standard InChI is InChI=1S/C19H21N5O3/c1-23(13-8-7-11-5-3-4-6-12(11)13)15(25)10-9-14-20-16-17(21-14)24(2)19(27)22-18(16)26/h3-6,13H,7-10H2,1-2H3,(H,20,21)(H,22,26,27). The Morgan fingerprint density at radius 2 is 2.07 bits per heavy atom. The van der Waals surface area contributed by atoms with Crippen molar-refractivity contribution >= 4 is 17.1 Å². The molecule has 2 aromatic heterocycles. The van der Waals surface area contributed by atoms with Gasteiger partial charge in [0.1, 0.15) is 11.3 Å². The largest absolute Gasteiger partial charge is 0.339 e. The molecule has 0 bridgehead atoms. The van der Waals surface area contributed by atoms with Crippen molar-refractivity contribution in [1.29, 1.82) is 0 Å². The van der Waals surface area contributed by atoms with E-state index >= 15 is 0 Å². The maximum Gasteiger partial charge on any atom is 0.329 e. The maximum atomic E-state index is 12.7. The molecule has 0 aliphatic heterocycles. The Hall–Kier alpha value is -3.16. The van der Waals surface area contributed by atoms with Gasteiger partial charge in [-0.15, -0.1) is 0 Å². The number of rotatable bonds is 4. The van der Waals surface area contributed by atoms with Crippen LogP contribution in [0.5, 0.6) is 0 Å². The quantitative estimate of drug-likeness (QED) is 0.719. The van der Waals surface area contributed by atoms with Gasteiger partial charge in [-0.1, -0.05) is 24.3 Å². The molecule has 0 spiro atoms. The Balaban J connectivity index is 1.49. The van der Waals surface area contributed by atoms with Crippen LogP contribution in [0.2, 0.25) is 0 Å². The van der Waals surface area contributed by atoms with Gasteiger partial charge in [0.15, 0.2) is 5.65 Å². The third kappa shape index (κ3) is 2.97. The van der Waals surface area contributed by atoms with Gasteiger partial charge in [0.05, 0.1) is 6.04 Å². The van der Waals surface area contributed by atoms with E-state index in [9.17, 15) is 14.4 Å². The number of benzene rings is 1. The fraction of sp³-hybridized carbons (Fsp3) is 0.368. The Bertz CT molecular complexity index is 1140. The topological polar surface area (TPSA) is 104 Å². The molecule has 0 radical (unpaired) electrons. The second-order valence-electron chi connectivity index (χ2n) is 6.96. The van der Waals surface area contributed by atoms with Gasteiger partial charge in [-0.2, -0.15) is 0 Å². The van der Waals surface area contributed by atoms with Crippen LogP contribution in [0, 0.1) is 0 Å². The average molecular weight is 367 g/mol. The summed E-state index contributed by atoms with van der Waals surface area (Å²) in [6.07, 6.45) is 2.57. The van der Waals surface area contributed by atoms with E-state index in [1.165, 1.54) is 15.7 Å². The van der Waals surface area contributed by atoms with Crippen LogP contribution in [-0.2, 0) is 24.7 Å². The van der Waals surface area contributed by atoms with Gasteiger partial charge in [-0.05, 0) is 24.0 Å². The minimum atomic E-state index is -0.513. The van der Waals surface area contributed by atoms with Crippen molar-refractivity contribution in [3.05, 3.63) is 62.1 Å². The van der Waals surface area contributed by atoms with Crippen molar-refractivity contribution in [3.63, 3.8) is 0 Å². The highest BCUT2D eigenvalue weighted by Crippen LogP contribution is 2.35. The lowest BCUT2D eigenvalue weighted by atomic mass is 10.1. The summed E-state index contributed by atoms with van der Waals surface area (Å²) >= 11 is 0. The normalized spacial score (nSPS) is 15.9. The van der Waals surface area contributed by atoms with Crippen molar-refractivity contribution in [2.45, 2.75) is 31.7 Å². The van der Waals surface area contributed by atoms with Gasteiger partial charge in [0.25, 0.3) is 5.56 Å². The molecule has 1 aliphatic carbocycles. The first-order valence-electron chi connectivity index (χ1n) is 8.97. The number of aryl methyl sites for hydroxylation is 3. The molecule has 1 aliphatic rings. The van der Waals surface area contributed by atoms with Crippen LogP contribution in [0.1, 0.15) is 35.8 Å². The van der Waals surface area contributed by atoms with Crippen molar-refractivity contribution in [1.82, 2.24) is 24.4 Å². The lowest BCUT2D eigenvalue weighted by molar-refractivity contribution is -0.132. The number of H-pyrrole nitrogens is 2. The van der Waals surface area contributed by atoms with E-state index < -0.39 is 11.2 Å². The first-order chi connectivity index (χ1) is 13.0. The van der Waals surface area contributed by atoms with Crippen LogP contribution in [0.25, 0.3) is 11.2 Å². The maximum absolute atomic E-state index is 12.7. The number of fused-ring (bicyclic) bond motifs is 2. The molecule has 4 rings (SSSR count). The fourth-order valence-corrected chi connectivity index (χ4v) is 3.78. The highest BCUT2D eigenvalue weighted by atomic mass is 16.2. The van der Waals surface area contributed by atoms with E-state index in [1.54, 1.807) is 11.9 Å². The molecule has 140 valence electrons. The number of hydrogen-bond donors (Lipinski definition) is 2. The Kier molecular flexibility index (Phi) is 4.18. The predicted octanol–water partition coefficient (Wildman–Crippen LogP) is 1.03. The Morgan fingerprint density at radius 3 is 2.89 bits per heavy atom. The number of carbonyl (C=O) groups is 1. The minimum Gasteiger partial charge on any atom is -0.339 e. The second-order valence-corrected chi connectivity index (χ2v) is 6.96. The highest BCUT2D eigenvalue weighted by Gasteiger charge is 2.28. The Morgan fingerprint density at radius 1 is 1.30 bits per heavy atom. The number of aromatic nitrogens is 4. The molecule has 2 N–H and O–H groups in total. The van der Waals surface area contributed by atoms with Crippen LogP contribution < -0.4 is 11.2 Å². The van der Waals surface area contributed by atoms with Gasteiger partial charge >= 0.3 is 5.69 Å². The lowest BCUT2D eigenvalue weighted by Crippen LogP contribution is -2.30. The number of carbonyl (C=O) groups excluding carboxylic acids is 1. The monoisotopic (exact) mass is 367 g/mol.